The van der Waals surface area contributed by atoms with Gasteiger partial charge in [-0.2, -0.15) is 0 Å². The molecule has 0 saturated carbocycles. The Kier molecular flexibility index (Phi) is 23.9. The third-order valence-corrected chi connectivity index (χ3v) is 15.8. The molecular formula is C46H50O4P4Pd2S2-2. The smallest absolute Gasteiger partial charge is 0.0587 e. The van der Waals surface area contributed by atoms with E-state index < -0.39 is 31.0 Å². The maximum absolute atomic E-state index is 5.15. The Morgan fingerprint density at radius 1 is 0.345 bits per heavy atom. The van der Waals surface area contributed by atoms with Gasteiger partial charge in [-0.05, 0) is 47.7 Å². The predicted octanol–water partition coefficient (Wildman–Crippen LogP) is 10.6. The quantitative estimate of drug-likeness (QED) is 0.0940. The van der Waals surface area contributed by atoms with Crippen LogP contribution < -0.4 is 31.8 Å². The van der Waals surface area contributed by atoms with Crippen molar-refractivity contribution in [1.29, 1.82) is 0 Å². The van der Waals surface area contributed by atoms with Crippen molar-refractivity contribution in [2.24, 2.45) is 10.8 Å². The standard InChI is InChI=1S/2C18H15P.2C5H10O2PS.2Pd/c2*1-4-10-16(11-5-1)19(17-12-6-2-7-13-17)18-14-8-3-9-15-18;2*1-5(2)3-6-8(9)7-4-5;;/h2*1-15H;2*3-4H2,1-2H3;;/q;;2*-1;;. The van der Waals surface area contributed by atoms with Crippen LogP contribution in [0.5, 0.6) is 0 Å². The monoisotopic (exact) mass is 1070 g/mol. The average molecular weight is 1070 g/mol. The van der Waals surface area contributed by atoms with Crippen molar-refractivity contribution < 1.29 is 58.9 Å². The predicted molar refractivity (Wildman–Crippen MR) is 250 cm³/mol. The number of hydrogen-bond donors (Lipinski definition) is 0. The summed E-state index contributed by atoms with van der Waals surface area (Å²) in [4.78, 5) is 0. The first-order valence-electron chi connectivity index (χ1n) is 18.5. The molecule has 58 heavy (non-hydrogen) atoms. The fourth-order valence-corrected chi connectivity index (χ4v) is 12.6. The van der Waals surface area contributed by atoms with Gasteiger partial charge in [0.1, 0.15) is 0 Å². The summed E-state index contributed by atoms with van der Waals surface area (Å²) in [6, 6.07) is 64.7. The summed E-state index contributed by atoms with van der Waals surface area (Å²) in [7, 11) is -2.83. The molecule has 0 N–H and O–H groups in total. The van der Waals surface area contributed by atoms with Crippen molar-refractivity contribution in [1.82, 2.24) is 0 Å². The topological polar surface area (TPSA) is 36.9 Å². The third-order valence-electron chi connectivity index (χ3n) is 8.33. The average Bonchev–Trinajstić information content (AvgIpc) is 3.24. The molecule has 0 atom stereocenters. The van der Waals surface area contributed by atoms with Gasteiger partial charge in [-0.15, -0.1) is 0 Å². The second kappa shape index (κ2) is 27.1. The van der Waals surface area contributed by atoms with Crippen LogP contribution in [0.4, 0.5) is 0 Å². The summed E-state index contributed by atoms with van der Waals surface area (Å²) in [6.07, 6.45) is 0. The molecule has 0 unspecified atom stereocenters. The Balaban J connectivity index is 0.000000217. The van der Waals surface area contributed by atoms with Gasteiger partial charge in [-0.1, -0.05) is 210 Å². The molecule has 2 fully saturated rings. The van der Waals surface area contributed by atoms with Crippen LogP contribution in [0, 0.1) is 10.8 Å². The fraction of sp³-hybridized carbons (Fsp3) is 0.217. The molecule has 12 heteroatoms. The van der Waals surface area contributed by atoms with Crippen LogP contribution in [0.15, 0.2) is 182 Å². The summed E-state index contributed by atoms with van der Waals surface area (Å²) in [5.74, 6) is 0. The fourth-order valence-electron chi connectivity index (χ4n) is 5.42. The molecule has 8 rings (SSSR count). The summed E-state index contributed by atoms with van der Waals surface area (Å²) in [5.41, 5.74) is 0.329. The van der Waals surface area contributed by atoms with Crippen molar-refractivity contribution in [2.75, 3.05) is 26.4 Å². The molecule has 6 aromatic rings. The van der Waals surface area contributed by atoms with Crippen LogP contribution in [0.1, 0.15) is 27.7 Å². The van der Waals surface area contributed by atoms with Gasteiger partial charge in [-0.3, -0.25) is 0 Å². The molecule has 0 amide bonds. The molecule has 0 aliphatic carbocycles. The van der Waals surface area contributed by atoms with Crippen molar-refractivity contribution in [3.63, 3.8) is 0 Å². The van der Waals surface area contributed by atoms with Crippen LogP contribution in [-0.4, -0.2) is 26.4 Å². The van der Waals surface area contributed by atoms with Crippen LogP contribution >= 0.6 is 31.0 Å². The van der Waals surface area contributed by atoms with E-state index in [1.54, 1.807) is 0 Å². The first kappa shape index (κ1) is 51.3. The number of benzene rings is 6. The molecule has 0 spiro atoms. The van der Waals surface area contributed by atoms with E-state index in [1.807, 2.05) is 0 Å². The Morgan fingerprint density at radius 3 is 0.638 bits per heavy atom. The number of rotatable bonds is 6. The summed E-state index contributed by atoms with van der Waals surface area (Å²) in [5, 5.41) is 8.39. The van der Waals surface area contributed by atoms with Gasteiger partial charge in [0.25, 0.3) is 0 Å². The Labute approximate surface area is 390 Å². The summed E-state index contributed by atoms with van der Waals surface area (Å²) >= 11 is 9.62. The van der Waals surface area contributed by atoms with Crippen LogP contribution in [0.25, 0.3) is 0 Å². The van der Waals surface area contributed by atoms with E-state index in [0.29, 0.717) is 0 Å². The minimum Gasteiger partial charge on any atom is -0.700 e. The number of hydrogen-bond acceptors (Lipinski definition) is 6. The Morgan fingerprint density at radius 2 is 0.500 bits per heavy atom. The van der Waals surface area contributed by atoms with Gasteiger partial charge >= 0.3 is 0 Å². The summed E-state index contributed by atoms with van der Waals surface area (Å²) in [6.45, 7) is 11.4. The second-order valence-corrected chi connectivity index (χ2v) is 22.7. The maximum Gasteiger partial charge on any atom is 0.0587 e. The third kappa shape index (κ3) is 17.7. The van der Waals surface area contributed by atoms with E-state index in [0.717, 1.165) is 26.4 Å². The molecule has 6 aromatic carbocycles. The minimum atomic E-state index is -0.967. The van der Waals surface area contributed by atoms with Gasteiger partial charge in [0.2, 0.25) is 0 Å². The van der Waals surface area contributed by atoms with Crippen LogP contribution in [0.2, 0.25) is 0 Å². The van der Waals surface area contributed by atoms with Crippen molar-refractivity contribution in [3.8, 4) is 0 Å². The van der Waals surface area contributed by atoms with Gasteiger partial charge in [-0.25, -0.2) is 0 Å². The molecule has 0 radical (unpaired) electrons. The van der Waals surface area contributed by atoms with Gasteiger partial charge in [0.15, 0.2) is 0 Å². The maximum atomic E-state index is 5.15. The normalized spacial score (nSPS) is 15.7. The molecule has 4 nitrogen and oxygen atoms in total. The van der Waals surface area contributed by atoms with Crippen LogP contribution in [-0.2, 0) is 83.4 Å². The van der Waals surface area contributed by atoms with Crippen molar-refractivity contribution in [2.45, 2.75) is 27.7 Å². The molecule has 2 saturated heterocycles. The molecule has 2 aliphatic heterocycles. The molecule has 312 valence electrons. The molecule has 2 heterocycles. The first-order valence-corrected chi connectivity index (χ1v) is 25.5. The van der Waals surface area contributed by atoms with Crippen molar-refractivity contribution in [3.05, 3.63) is 182 Å². The zero-order valence-electron chi connectivity index (χ0n) is 33.0. The van der Waals surface area contributed by atoms with Gasteiger partial charge < -0.3 is 42.6 Å². The van der Waals surface area contributed by atoms with E-state index in [1.165, 1.54) is 31.8 Å². The second-order valence-electron chi connectivity index (χ2n) is 14.6. The largest absolute Gasteiger partial charge is 0.700 e. The molecule has 0 aromatic heterocycles. The summed E-state index contributed by atoms with van der Waals surface area (Å²) < 4.78 is 20.6. The molecular weight excluding hydrogens is 1020 g/mol. The Bertz CT molecular complexity index is 1610. The van der Waals surface area contributed by atoms with E-state index in [2.05, 4.69) is 210 Å². The van der Waals surface area contributed by atoms with Gasteiger partial charge in [0, 0.05) is 66.8 Å². The SMILES string of the molecule is CC1(C)COP([S-])OC1.CC1(C)COP([S-])OC1.[Pd].[Pd].c1ccc(P(c2ccccc2)c2ccccc2)cc1.c1ccc(P(c2ccccc2)c2ccccc2)cc1. The van der Waals surface area contributed by atoms with E-state index >= 15 is 0 Å². The first-order chi connectivity index (χ1) is 27.1. The van der Waals surface area contributed by atoms with E-state index in [4.69, 9.17) is 42.6 Å². The zero-order valence-corrected chi connectivity index (χ0v) is 41.3. The van der Waals surface area contributed by atoms with Crippen LogP contribution in [0.3, 0.4) is 0 Å². The minimum absolute atomic E-state index is 0. The molecule has 2 aliphatic rings. The van der Waals surface area contributed by atoms with Crippen molar-refractivity contribution >= 4 is 87.3 Å². The van der Waals surface area contributed by atoms with E-state index in [-0.39, 0.29) is 51.7 Å². The molecule has 0 bridgehead atoms. The Hall–Kier alpha value is -1.10. The van der Waals surface area contributed by atoms with Gasteiger partial charge in [0.05, 0.1) is 26.4 Å². The van der Waals surface area contributed by atoms with E-state index in [9.17, 15) is 0 Å². The zero-order chi connectivity index (χ0) is 39.6.